The Bertz CT molecular complexity index is 1050. The van der Waals surface area contributed by atoms with Gasteiger partial charge in [0, 0.05) is 16.3 Å². The van der Waals surface area contributed by atoms with Crippen LogP contribution in [-0.2, 0) is 0 Å². The first-order valence-electron chi connectivity index (χ1n) is 8.05. The monoisotopic (exact) mass is 380 g/mol. The van der Waals surface area contributed by atoms with Gasteiger partial charge >= 0.3 is 0 Å². The molecule has 4 nitrogen and oxygen atoms in total. The molecule has 0 aliphatic carbocycles. The molecule has 1 heterocycles. The van der Waals surface area contributed by atoms with E-state index >= 15 is 0 Å². The molecular weight excluding hydrogens is 367 g/mol. The van der Waals surface area contributed by atoms with Gasteiger partial charge in [-0.3, -0.25) is 4.99 Å². The number of fused-ring (bicyclic) bond motifs is 1. The Kier molecular flexibility index (Phi) is 4.69. The van der Waals surface area contributed by atoms with Crippen molar-refractivity contribution in [3.05, 3.63) is 94.0 Å². The Labute approximate surface area is 160 Å². The van der Waals surface area contributed by atoms with Gasteiger partial charge in [0.25, 0.3) is 0 Å². The van der Waals surface area contributed by atoms with Crippen molar-refractivity contribution >= 4 is 40.4 Å². The van der Waals surface area contributed by atoms with Gasteiger partial charge in [-0.05, 0) is 47.5 Å². The molecule has 0 saturated heterocycles. The van der Waals surface area contributed by atoms with E-state index in [9.17, 15) is 0 Å². The lowest BCUT2D eigenvalue weighted by atomic mass is 10.1. The number of benzene rings is 3. The molecule has 0 radical (unpaired) electrons. The second-order valence-electron chi connectivity index (χ2n) is 5.78. The van der Waals surface area contributed by atoms with Crippen LogP contribution in [0, 0.1) is 0 Å². The van der Waals surface area contributed by atoms with E-state index in [1.165, 1.54) is 0 Å². The molecule has 1 atom stereocenters. The van der Waals surface area contributed by atoms with Gasteiger partial charge in [-0.25, -0.2) is 4.68 Å². The molecular formula is C20H14Cl2N4. The lowest BCUT2D eigenvalue weighted by molar-refractivity contribution is 0.543. The van der Waals surface area contributed by atoms with Gasteiger partial charge in [0.05, 0.1) is 5.52 Å². The maximum atomic E-state index is 6.04. The third-order valence-electron chi connectivity index (χ3n) is 4.01. The minimum atomic E-state index is -0.352. The van der Waals surface area contributed by atoms with Gasteiger partial charge in [-0.15, -0.1) is 5.10 Å². The van der Waals surface area contributed by atoms with Crippen LogP contribution in [0.15, 0.2) is 77.8 Å². The minimum absolute atomic E-state index is 0.352. The van der Waals surface area contributed by atoms with Crippen LogP contribution >= 0.6 is 23.2 Å². The fraction of sp³-hybridized carbons (Fsp3) is 0.0500. The van der Waals surface area contributed by atoms with Gasteiger partial charge in [0.1, 0.15) is 5.52 Å². The van der Waals surface area contributed by atoms with E-state index in [-0.39, 0.29) is 6.17 Å². The SMILES string of the molecule is Clc1ccc(/C=N/C(c2ccc(Cl)cc2)n2nnc3ccccc32)cc1. The number of rotatable bonds is 4. The molecule has 1 aromatic heterocycles. The van der Waals surface area contributed by atoms with E-state index in [0.29, 0.717) is 10.0 Å². The summed E-state index contributed by atoms with van der Waals surface area (Å²) in [6.45, 7) is 0. The zero-order chi connectivity index (χ0) is 17.9. The topological polar surface area (TPSA) is 43.1 Å². The van der Waals surface area contributed by atoms with Crippen LogP contribution in [0.3, 0.4) is 0 Å². The fourth-order valence-corrected chi connectivity index (χ4v) is 2.95. The van der Waals surface area contributed by atoms with E-state index in [4.69, 9.17) is 28.2 Å². The Morgan fingerprint density at radius 3 is 2.23 bits per heavy atom. The van der Waals surface area contributed by atoms with Gasteiger partial charge in [0.15, 0.2) is 6.17 Å². The molecule has 0 aliphatic rings. The Balaban J connectivity index is 1.79. The number of aliphatic imine (C=N–C) groups is 1. The summed E-state index contributed by atoms with van der Waals surface area (Å²) in [6, 6.07) is 22.9. The summed E-state index contributed by atoms with van der Waals surface area (Å²) in [6.07, 6.45) is 1.46. The second-order valence-corrected chi connectivity index (χ2v) is 6.65. The normalized spacial score (nSPS) is 12.7. The summed E-state index contributed by atoms with van der Waals surface area (Å²) < 4.78 is 1.81. The van der Waals surface area contributed by atoms with Crippen LogP contribution in [-0.4, -0.2) is 21.2 Å². The van der Waals surface area contributed by atoms with E-state index in [1.54, 1.807) is 0 Å². The predicted octanol–water partition coefficient (Wildman–Crippen LogP) is 5.40. The lowest BCUT2D eigenvalue weighted by Gasteiger charge is -2.14. The summed E-state index contributed by atoms with van der Waals surface area (Å²) in [5.41, 5.74) is 3.67. The highest BCUT2D eigenvalue weighted by Crippen LogP contribution is 2.25. The van der Waals surface area contributed by atoms with Crippen LogP contribution < -0.4 is 0 Å². The molecule has 4 aromatic rings. The van der Waals surface area contributed by atoms with Crippen molar-refractivity contribution in [1.82, 2.24) is 15.0 Å². The highest BCUT2D eigenvalue weighted by Gasteiger charge is 2.16. The molecule has 0 bridgehead atoms. The number of halogens is 2. The molecule has 0 amide bonds. The number of nitrogens with zero attached hydrogens (tertiary/aromatic N) is 4. The number of hydrogen-bond acceptors (Lipinski definition) is 3. The zero-order valence-corrected chi connectivity index (χ0v) is 15.1. The van der Waals surface area contributed by atoms with Crippen LogP contribution in [0.5, 0.6) is 0 Å². The Morgan fingerprint density at radius 1 is 0.846 bits per heavy atom. The van der Waals surface area contributed by atoms with Gasteiger partial charge in [-0.2, -0.15) is 0 Å². The number of hydrogen-bond donors (Lipinski definition) is 0. The van der Waals surface area contributed by atoms with Crippen molar-refractivity contribution in [2.24, 2.45) is 4.99 Å². The van der Waals surface area contributed by atoms with E-state index in [1.807, 2.05) is 83.7 Å². The molecule has 0 aliphatic heterocycles. The third kappa shape index (κ3) is 3.47. The smallest absolute Gasteiger partial charge is 0.169 e. The Hall–Kier alpha value is -2.69. The van der Waals surface area contributed by atoms with E-state index < -0.39 is 0 Å². The molecule has 128 valence electrons. The zero-order valence-electron chi connectivity index (χ0n) is 13.6. The Morgan fingerprint density at radius 2 is 1.50 bits per heavy atom. The van der Waals surface area contributed by atoms with Crippen molar-refractivity contribution in [3.63, 3.8) is 0 Å². The summed E-state index contributed by atoms with van der Waals surface area (Å²) in [7, 11) is 0. The summed E-state index contributed by atoms with van der Waals surface area (Å²) in [4.78, 5) is 4.77. The maximum absolute atomic E-state index is 6.04. The van der Waals surface area contributed by atoms with Crippen molar-refractivity contribution in [2.45, 2.75) is 6.17 Å². The van der Waals surface area contributed by atoms with Crippen molar-refractivity contribution in [1.29, 1.82) is 0 Å². The number of aromatic nitrogens is 3. The van der Waals surface area contributed by atoms with E-state index in [2.05, 4.69) is 10.3 Å². The van der Waals surface area contributed by atoms with Crippen LogP contribution in [0.25, 0.3) is 11.0 Å². The first kappa shape index (κ1) is 16.8. The third-order valence-corrected chi connectivity index (χ3v) is 4.52. The molecule has 0 spiro atoms. The molecule has 3 aromatic carbocycles. The number of para-hydroxylation sites is 1. The molecule has 0 saturated carbocycles. The van der Waals surface area contributed by atoms with E-state index in [0.717, 1.165) is 22.2 Å². The highest BCUT2D eigenvalue weighted by molar-refractivity contribution is 6.30. The van der Waals surface area contributed by atoms with Gasteiger partial charge in [-0.1, -0.05) is 64.8 Å². The fourth-order valence-electron chi connectivity index (χ4n) is 2.70. The molecule has 0 N–H and O–H groups in total. The van der Waals surface area contributed by atoms with Gasteiger partial charge in [0.2, 0.25) is 0 Å². The lowest BCUT2D eigenvalue weighted by Crippen LogP contribution is -2.10. The molecule has 0 fully saturated rings. The van der Waals surface area contributed by atoms with Crippen molar-refractivity contribution in [2.75, 3.05) is 0 Å². The molecule has 6 heteroatoms. The van der Waals surface area contributed by atoms with Crippen LogP contribution in [0.4, 0.5) is 0 Å². The van der Waals surface area contributed by atoms with Crippen molar-refractivity contribution in [3.8, 4) is 0 Å². The standard InChI is InChI=1S/C20H14Cl2N4/c21-16-9-5-14(6-10-16)13-23-20(15-7-11-17(22)12-8-15)26-19-4-2-1-3-18(19)24-25-26/h1-13,20H/b23-13+. The molecule has 4 rings (SSSR count). The minimum Gasteiger partial charge on any atom is -0.261 e. The summed E-state index contributed by atoms with van der Waals surface area (Å²) >= 11 is 12.0. The summed E-state index contributed by atoms with van der Waals surface area (Å²) in [5, 5.41) is 9.94. The average molecular weight is 381 g/mol. The highest BCUT2D eigenvalue weighted by atomic mass is 35.5. The second kappa shape index (κ2) is 7.28. The molecule has 1 unspecified atom stereocenters. The van der Waals surface area contributed by atoms with Crippen LogP contribution in [0.2, 0.25) is 10.0 Å². The molecule has 26 heavy (non-hydrogen) atoms. The first-order chi connectivity index (χ1) is 12.7. The van der Waals surface area contributed by atoms with Crippen molar-refractivity contribution < 1.29 is 0 Å². The first-order valence-corrected chi connectivity index (χ1v) is 8.80. The maximum Gasteiger partial charge on any atom is 0.169 e. The van der Waals surface area contributed by atoms with Crippen LogP contribution in [0.1, 0.15) is 17.3 Å². The summed E-state index contributed by atoms with van der Waals surface area (Å²) in [5.74, 6) is 0. The quantitative estimate of drug-likeness (QED) is 0.444. The van der Waals surface area contributed by atoms with Gasteiger partial charge < -0.3 is 0 Å². The average Bonchev–Trinajstić information content (AvgIpc) is 3.09. The predicted molar refractivity (Wildman–Crippen MR) is 106 cm³/mol. The largest absolute Gasteiger partial charge is 0.261 e.